The fourth-order valence-corrected chi connectivity index (χ4v) is 2.15. The van der Waals surface area contributed by atoms with Crippen molar-refractivity contribution in [1.82, 2.24) is 10.6 Å². The maximum atomic E-state index is 12.8. The van der Waals surface area contributed by atoms with Crippen molar-refractivity contribution in [2.75, 3.05) is 13.1 Å². The predicted octanol–water partition coefficient (Wildman–Crippen LogP) is 2.52. The van der Waals surface area contributed by atoms with Gasteiger partial charge in [0, 0.05) is 18.2 Å². The Kier molecular flexibility index (Phi) is 6.68. The molecule has 0 radical (unpaired) electrons. The Balaban J connectivity index is 0.00000200. The molecular formula is C15H20ClFN2O. The lowest BCUT2D eigenvalue weighted by Gasteiger charge is -2.23. The summed E-state index contributed by atoms with van der Waals surface area (Å²) in [5.41, 5.74) is 1.47. The molecule has 0 saturated carbocycles. The third-order valence-electron chi connectivity index (χ3n) is 3.24. The first-order valence-electron chi connectivity index (χ1n) is 6.60. The van der Waals surface area contributed by atoms with Gasteiger partial charge in [0.1, 0.15) is 5.82 Å². The number of carbonyl (C=O) groups is 1. The molecule has 0 bridgehead atoms. The van der Waals surface area contributed by atoms with Gasteiger partial charge in [-0.05, 0) is 50.1 Å². The van der Waals surface area contributed by atoms with E-state index in [0.29, 0.717) is 5.57 Å². The monoisotopic (exact) mass is 298 g/mol. The number of carbonyl (C=O) groups excluding carboxylic acids is 1. The summed E-state index contributed by atoms with van der Waals surface area (Å²) in [5.74, 6) is -0.328. The van der Waals surface area contributed by atoms with Crippen LogP contribution in [0.4, 0.5) is 4.39 Å². The van der Waals surface area contributed by atoms with E-state index in [1.165, 1.54) is 12.1 Å². The second-order valence-electron chi connectivity index (χ2n) is 4.90. The third kappa shape index (κ3) is 4.94. The molecular weight excluding hydrogens is 279 g/mol. The fraction of sp³-hybridized carbons (Fsp3) is 0.400. The Morgan fingerprint density at radius 3 is 2.70 bits per heavy atom. The van der Waals surface area contributed by atoms with E-state index in [1.807, 2.05) is 0 Å². The molecule has 0 aliphatic carbocycles. The lowest BCUT2D eigenvalue weighted by atomic mass is 10.1. The van der Waals surface area contributed by atoms with E-state index in [-0.39, 0.29) is 30.2 Å². The van der Waals surface area contributed by atoms with Crippen LogP contribution in [0.15, 0.2) is 29.8 Å². The van der Waals surface area contributed by atoms with Gasteiger partial charge in [0.25, 0.3) is 0 Å². The van der Waals surface area contributed by atoms with E-state index in [2.05, 4.69) is 10.6 Å². The number of amides is 1. The zero-order valence-electron chi connectivity index (χ0n) is 11.5. The van der Waals surface area contributed by atoms with Gasteiger partial charge in [-0.2, -0.15) is 0 Å². The minimum absolute atomic E-state index is 0. The zero-order valence-corrected chi connectivity index (χ0v) is 12.3. The van der Waals surface area contributed by atoms with E-state index in [4.69, 9.17) is 0 Å². The average Bonchev–Trinajstić information content (AvgIpc) is 2.42. The molecule has 1 unspecified atom stereocenters. The summed E-state index contributed by atoms with van der Waals surface area (Å²) in [6.07, 6.45) is 3.87. The molecule has 1 aromatic rings. The van der Waals surface area contributed by atoms with E-state index < -0.39 is 0 Å². The van der Waals surface area contributed by atoms with Gasteiger partial charge in [-0.3, -0.25) is 4.79 Å². The molecule has 1 aliphatic rings. The number of benzene rings is 1. The summed E-state index contributed by atoms with van der Waals surface area (Å²) in [5, 5.41) is 6.27. The van der Waals surface area contributed by atoms with Gasteiger partial charge in [0.15, 0.2) is 0 Å². The Bertz CT molecular complexity index is 467. The van der Waals surface area contributed by atoms with Crippen molar-refractivity contribution in [3.63, 3.8) is 0 Å². The van der Waals surface area contributed by atoms with Crippen LogP contribution in [0.5, 0.6) is 0 Å². The molecule has 1 aliphatic heterocycles. The minimum atomic E-state index is -0.271. The van der Waals surface area contributed by atoms with Crippen molar-refractivity contribution in [3.05, 3.63) is 41.2 Å². The van der Waals surface area contributed by atoms with Crippen LogP contribution in [0, 0.1) is 5.82 Å². The highest BCUT2D eigenvalue weighted by Crippen LogP contribution is 2.09. The number of halogens is 2. The molecule has 1 atom stereocenters. The number of nitrogens with one attached hydrogen (secondary N) is 2. The fourth-order valence-electron chi connectivity index (χ4n) is 2.15. The molecule has 1 fully saturated rings. The maximum absolute atomic E-state index is 12.8. The number of piperidine rings is 1. The van der Waals surface area contributed by atoms with Crippen LogP contribution in [0.1, 0.15) is 25.3 Å². The molecule has 0 spiro atoms. The van der Waals surface area contributed by atoms with Gasteiger partial charge in [-0.1, -0.05) is 12.1 Å². The minimum Gasteiger partial charge on any atom is -0.348 e. The summed E-state index contributed by atoms with van der Waals surface area (Å²) in [6.45, 7) is 3.63. The first kappa shape index (κ1) is 16.7. The normalized spacial score (nSPS) is 19.1. The molecule has 0 aromatic heterocycles. The number of rotatable bonds is 3. The highest BCUT2D eigenvalue weighted by molar-refractivity contribution is 5.97. The van der Waals surface area contributed by atoms with Crippen molar-refractivity contribution < 1.29 is 9.18 Å². The lowest BCUT2D eigenvalue weighted by molar-refractivity contribution is -0.118. The first-order valence-corrected chi connectivity index (χ1v) is 6.60. The zero-order chi connectivity index (χ0) is 13.7. The highest BCUT2D eigenvalue weighted by atomic mass is 35.5. The Morgan fingerprint density at radius 2 is 2.10 bits per heavy atom. The van der Waals surface area contributed by atoms with Crippen LogP contribution in [-0.4, -0.2) is 25.0 Å². The van der Waals surface area contributed by atoms with Crippen molar-refractivity contribution >= 4 is 24.4 Å². The smallest absolute Gasteiger partial charge is 0.247 e. The summed E-state index contributed by atoms with van der Waals surface area (Å²) in [4.78, 5) is 12.0. The Hall–Kier alpha value is -1.39. The Labute approximate surface area is 125 Å². The van der Waals surface area contributed by atoms with Gasteiger partial charge >= 0.3 is 0 Å². The van der Waals surface area contributed by atoms with Crippen LogP contribution in [-0.2, 0) is 4.79 Å². The van der Waals surface area contributed by atoms with E-state index in [0.717, 1.165) is 31.5 Å². The van der Waals surface area contributed by atoms with Crippen molar-refractivity contribution in [1.29, 1.82) is 0 Å². The van der Waals surface area contributed by atoms with Crippen LogP contribution in [0.3, 0.4) is 0 Å². The Morgan fingerprint density at radius 1 is 1.40 bits per heavy atom. The summed E-state index contributed by atoms with van der Waals surface area (Å²) in [7, 11) is 0. The molecule has 1 aromatic carbocycles. The van der Waals surface area contributed by atoms with Gasteiger partial charge < -0.3 is 10.6 Å². The number of hydrogen-bond acceptors (Lipinski definition) is 2. The predicted molar refractivity (Wildman–Crippen MR) is 81.3 cm³/mol. The first-order chi connectivity index (χ1) is 9.15. The molecule has 3 nitrogen and oxygen atoms in total. The van der Waals surface area contributed by atoms with Crippen molar-refractivity contribution in [3.8, 4) is 0 Å². The SMILES string of the molecule is C/C(=C/c1ccc(F)cc1)C(=O)NC1CCCNC1.Cl. The number of hydrogen-bond donors (Lipinski definition) is 2. The van der Waals surface area contributed by atoms with Crippen molar-refractivity contribution in [2.24, 2.45) is 0 Å². The van der Waals surface area contributed by atoms with Crippen LogP contribution >= 0.6 is 12.4 Å². The van der Waals surface area contributed by atoms with Gasteiger partial charge in [-0.25, -0.2) is 4.39 Å². The summed E-state index contributed by atoms with van der Waals surface area (Å²) < 4.78 is 12.8. The highest BCUT2D eigenvalue weighted by Gasteiger charge is 2.15. The molecule has 1 amide bonds. The van der Waals surface area contributed by atoms with Crippen LogP contribution in [0.25, 0.3) is 6.08 Å². The molecule has 2 N–H and O–H groups in total. The van der Waals surface area contributed by atoms with E-state index in [1.54, 1.807) is 25.1 Å². The molecule has 110 valence electrons. The lowest BCUT2D eigenvalue weighted by Crippen LogP contribution is -2.45. The molecule has 1 heterocycles. The molecule has 1 saturated heterocycles. The largest absolute Gasteiger partial charge is 0.348 e. The van der Waals surface area contributed by atoms with Crippen molar-refractivity contribution in [2.45, 2.75) is 25.8 Å². The van der Waals surface area contributed by atoms with E-state index >= 15 is 0 Å². The summed E-state index contributed by atoms with van der Waals surface area (Å²) in [6, 6.07) is 6.31. The maximum Gasteiger partial charge on any atom is 0.247 e. The topological polar surface area (TPSA) is 41.1 Å². The van der Waals surface area contributed by atoms with Gasteiger partial charge in [0.2, 0.25) is 5.91 Å². The van der Waals surface area contributed by atoms with Crippen LogP contribution in [0.2, 0.25) is 0 Å². The van der Waals surface area contributed by atoms with Gasteiger partial charge in [-0.15, -0.1) is 12.4 Å². The molecule has 5 heteroatoms. The third-order valence-corrected chi connectivity index (χ3v) is 3.24. The second kappa shape index (κ2) is 8.02. The quantitative estimate of drug-likeness (QED) is 0.842. The standard InChI is InChI=1S/C15H19FN2O.ClH/c1-11(9-12-4-6-13(16)7-5-12)15(19)18-14-3-2-8-17-10-14;/h4-7,9,14,17H,2-3,8,10H2,1H3,(H,18,19);1H/b11-9-;. The molecule has 2 rings (SSSR count). The summed E-state index contributed by atoms with van der Waals surface area (Å²) >= 11 is 0. The van der Waals surface area contributed by atoms with Crippen LogP contribution < -0.4 is 10.6 Å². The van der Waals surface area contributed by atoms with Gasteiger partial charge in [0.05, 0.1) is 0 Å². The average molecular weight is 299 g/mol. The molecule has 20 heavy (non-hydrogen) atoms. The van der Waals surface area contributed by atoms with E-state index in [9.17, 15) is 9.18 Å². The second-order valence-corrected chi connectivity index (χ2v) is 4.90.